The van der Waals surface area contributed by atoms with E-state index in [1.54, 1.807) is 0 Å². The van der Waals surface area contributed by atoms with Gasteiger partial charge in [-0.2, -0.15) is 4.31 Å². The predicted molar refractivity (Wildman–Crippen MR) is 110 cm³/mol. The Bertz CT molecular complexity index is 1330. The van der Waals surface area contributed by atoms with Crippen molar-refractivity contribution in [2.24, 2.45) is 5.92 Å². The van der Waals surface area contributed by atoms with Crippen LogP contribution in [0.5, 0.6) is 5.75 Å². The van der Waals surface area contributed by atoms with Crippen molar-refractivity contribution in [3.8, 4) is 5.75 Å². The van der Waals surface area contributed by atoms with Gasteiger partial charge in [-0.3, -0.25) is 9.78 Å². The summed E-state index contributed by atoms with van der Waals surface area (Å²) in [5.74, 6) is -2.24. The Hall–Kier alpha value is -3.32. The molecule has 1 unspecified atom stereocenters. The van der Waals surface area contributed by atoms with Gasteiger partial charge >= 0.3 is 12.1 Å². The highest BCUT2D eigenvalue weighted by atomic mass is 32.2. The van der Waals surface area contributed by atoms with Crippen LogP contribution < -0.4 is 15.8 Å². The van der Waals surface area contributed by atoms with E-state index in [9.17, 15) is 31.2 Å². The smallest absolute Gasteiger partial charge is 0.408 e. The zero-order valence-electron chi connectivity index (χ0n) is 16.9. The first-order chi connectivity index (χ1) is 15.5. The van der Waals surface area contributed by atoms with Crippen molar-refractivity contribution in [1.82, 2.24) is 9.29 Å². The predicted octanol–water partition coefficient (Wildman–Crippen LogP) is 3.06. The highest BCUT2D eigenvalue weighted by molar-refractivity contribution is 7.89. The third-order valence-corrected chi connectivity index (χ3v) is 7.00. The molecule has 2 heterocycles. The molecule has 1 amide bonds. The number of nitrogens with zero attached hydrogens (tertiary/aromatic N) is 1. The Morgan fingerprint density at radius 1 is 1.18 bits per heavy atom. The number of anilines is 1. The van der Waals surface area contributed by atoms with Crippen LogP contribution in [-0.2, 0) is 14.8 Å². The van der Waals surface area contributed by atoms with E-state index < -0.39 is 39.7 Å². The van der Waals surface area contributed by atoms with Crippen LogP contribution in [0.25, 0.3) is 11.1 Å². The summed E-state index contributed by atoms with van der Waals surface area (Å²) in [6.45, 7) is 0.142. The highest BCUT2D eigenvalue weighted by Gasteiger charge is 2.34. The largest absolute Gasteiger partial charge is 0.573 e. The molecule has 13 heteroatoms. The number of aromatic nitrogens is 1. The van der Waals surface area contributed by atoms with Gasteiger partial charge in [0.25, 0.3) is 0 Å². The van der Waals surface area contributed by atoms with E-state index in [1.807, 2.05) is 0 Å². The van der Waals surface area contributed by atoms with E-state index in [-0.39, 0.29) is 29.3 Å². The monoisotopic (exact) mass is 485 g/mol. The van der Waals surface area contributed by atoms with E-state index in [0.29, 0.717) is 18.4 Å². The van der Waals surface area contributed by atoms with E-state index in [0.717, 1.165) is 12.1 Å². The van der Waals surface area contributed by atoms with Gasteiger partial charge in [-0.1, -0.05) is 0 Å². The molecule has 0 spiro atoms. The third kappa shape index (κ3) is 5.20. The first-order valence-electron chi connectivity index (χ1n) is 9.81. The number of nitrogens with one attached hydrogen (secondary N) is 2. The lowest BCUT2D eigenvalue weighted by atomic mass is 9.99. The molecule has 176 valence electrons. The number of aromatic amines is 1. The number of sulfonamides is 1. The summed E-state index contributed by atoms with van der Waals surface area (Å²) >= 11 is 0. The van der Waals surface area contributed by atoms with Crippen LogP contribution in [0.15, 0.2) is 56.6 Å². The van der Waals surface area contributed by atoms with E-state index >= 15 is 0 Å². The number of H-pyrrole nitrogens is 1. The molecular formula is C20H18F3N3O6S. The number of amides is 1. The fourth-order valence-corrected chi connectivity index (χ4v) is 5.13. The number of alkyl halides is 3. The van der Waals surface area contributed by atoms with Crippen molar-refractivity contribution in [3.05, 3.63) is 53.0 Å². The van der Waals surface area contributed by atoms with Crippen molar-refractivity contribution in [1.29, 1.82) is 0 Å². The number of fused-ring (bicyclic) bond motifs is 1. The fraction of sp³-hybridized carbons (Fsp3) is 0.300. The van der Waals surface area contributed by atoms with Gasteiger partial charge in [0, 0.05) is 24.8 Å². The summed E-state index contributed by atoms with van der Waals surface area (Å²) in [6.07, 6.45) is -3.94. The van der Waals surface area contributed by atoms with Crippen molar-refractivity contribution in [2.45, 2.75) is 24.1 Å². The molecule has 3 aromatic rings. The Kier molecular flexibility index (Phi) is 5.93. The summed E-state index contributed by atoms with van der Waals surface area (Å²) in [4.78, 5) is 26.3. The molecular weight excluding hydrogens is 467 g/mol. The molecule has 1 aliphatic rings. The number of piperidine rings is 1. The van der Waals surface area contributed by atoms with E-state index in [2.05, 4.69) is 15.0 Å². The Morgan fingerprint density at radius 3 is 2.61 bits per heavy atom. The molecule has 0 aliphatic carbocycles. The molecule has 0 bridgehead atoms. The summed E-state index contributed by atoms with van der Waals surface area (Å²) in [5.41, 5.74) is 0.717. The molecule has 4 rings (SSSR count). The van der Waals surface area contributed by atoms with Crippen LogP contribution in [0, 0.1) is 5.92 Å². The molecule has 1 aliphatic heterocycles. The van der Waals surface area contributed by atoms with Gasteiger partial charge in [-0.25, -0.2) is 13.2 Å². The molecule has 0 saturated carbocycles. The van der Waals surface area contributed by atoms with Gasteiger partial charge in [0.2, 0.25) is 15.9 Å². The number of hydrogen-bond donors (Lipinski definition) is 2. The first kappa shape index (κ1) is 22.9. The number of carbonyl (C=O) groups is 1. The van der Waals surface area contributed by atoms with Crippen LogP contribution in [0.3, 0.4) is 0 Å². The SMILES string of the molecule is O=C(Nc1ccc(OC(F)(F)F)cc1)C1CCCN(S(=O)(=O)c2ccc3[nH]c(=O)oc3c2)C1. The Morgan fingerprint density at radius 2 is 1.91 bits per heavy atom. The number of oxazole rings is 1. The van der Waals surface area contributed by atoms with Gasteiger partial charge in [-0.05, 0) is 49.2 Å². The number of ether oxygens (including phenoxy) is 1. The van der Waals surface area contributed by atoms with Gasteiger partial charge in [0.05, 0.1) is 16.3 Å². The number of halogens is 3. The molecule has 2 aromatic carbocycles. The van der Waals surface area contributed by atoms with Crippen LogP contribution in [0.4, 0.5) is 18.9 Å². The minimum absolute atomic E-state index is 0.0703. The highest BCUT2D eigenvalue weighted by Crippen LogP contribution is 2.27. The number of carbonyl (C=O) groups excluding carboxylic acids is 1. The lowest BCUT2D eigenvalue weighted by Gasteiger charge is -2.31. The standard InChI is InChI=1S/C20H18F3N3O6S/c21-20(22,23)32-14-5-3-13(4-6-14)24-18(27)12-2-1-9-26(11-12)33(29,30)15-7-8-16-17(10-15)31-19(28)25-16/h3-8,10,12H,1-2,9,11H2,(H,24,27)(H,25,28). The van der Waals surface area contributed by atoms with Gasteiger partial charge in [0.15, 0.2) is 5.58 Å². The van der Waals surface area contributed by atoms with Crippen molar-refractivity contribution >= 4 is 32.7 Å². The van der Waals surface area contributed by atoms with Crippen molar-refractivity contribution in [3.63, 3.8) is 0 Å². The zero-order chi connectivity index (χ0) is 23.8. The van der Waals surface area contributed by atoms with Gasteiger partial charge in [-0.15, -0.1) is 13.2 Å². The lowest BCUT2D eigenvalue weighted by molar-refractivity contribution is -0.274. The molecule has 1 saturated heterocycles. The topological polar surface area (TPSA) is 122 Å². The summed E-state index contributed by atoms with van der Waals surface area (Å²) < 4.78 is 72.8. The maximum atomic E-state index is 13.1. The average Bonchev–Trinajstić information content (AvgIpc) is 3.13. The zero-order valence-corrected chi connectivity index (χ0v) is 17.7. The number of benzene rings is 2. The van der Waals surface area contributed by atoms with Crippen molar-refractivity contribution in [2.75, 3.05) is 18.4 Å². The normalized spacial score (nSPS) is 17.7. The quantitative estimate of drug-likeness (QED) is 0.573. The second kappa shape index (κ2) is 8.56. The van der Waals surface area contributed by atoms with Crippen LogP contribution >= 0.6 is 0 Å². The molecule has 9 nitrogen and oxygen atoms in total. The Balaban J connectivity index is 1.44. The molecule has 1 aromatic heterocycles. The van der Waals surface area contributed by atoms with Gasteiger partial charge < -0.3 is 14.5 Å². The van der Waals surface area contributed by atoms with Crippen molar-refractivity contribution < 1.29 is 35.5 Å². The minimum Gasteiger partial charge on any atom is -0.408 e. The number of rotatable bonds is 5. The van der Waals surface area contributed by atoms with E-state index in [1.165, 1.54) is 34.6 Å². The van der Waals surface area contributed by atoms with Gasteiger partial charge in [0.1, 0.15) is 5.75 Å². The Labute approximate surface area is 185 Å². The molecule has 33 heavy (non-hydrogen) atoms. The fourth-order valence-electron chi connectivity index (χ4n) is 3.59. The second-order valence-corrected chi connectivity index (χ2v) is 9.37. The lowest BCUT2D eigenvalue weighted by Crippen LogP contribution is -2.43. The van der Waals surface area contributed by atoms with Crippen LogP contribution in [0.1, 0.15) is 12.8 Å². The second-order valence-electron chi connectivity index (χ2n) is 7.44. The summed E-state index contributed by atoms with van der Waals surface area (Å²) in [7, 11) is -3.95. The van der Waals surface area contributed by atoms with Crippen LogP contribution in [-0.4, -0.2) is 43.1 Å². The van der Waals surface area contributed by atoms with Crippen LogP contribution in [0.2, 0.25) is 0 Å². The summed E-state index contributed by atoms with van der Waals surface area (Å²) in [5, 5.41) is 2.59. The molecule has 2 N–H and O–H groups in total. The van der Waals surface area contributed by atoms with E-state index in [4.69, 9.17) is 4.42 Å². The first-order valence-corrected chi connectivity index (χ1v) is 11.2. The molecule has 0 radical (unpaired) electrons. The number of hydrogen-bond acceptors (Lipinski definition) is 6. The maximum absolute atomic E-state index is 13.1. The maximum Gasteiger partial charge on any atom is 0.573 e. The summed E-state index contributed by atoms with van der Waals surface area (Å²) in [6, 6.07) is 8.67. The molecule has 1 atom stereocenters. The minimum atomic E-state index is -4.82. The molecule has 1 fully saturated rings. The third-order valence-electron chi connectivity index (χ3n) is 5.14. The average molecular weight is 485 g/mol.